The van der Waals surface area contributed by atoms with Gasteiger partial charge in [0.1, 0.15) is 0 Å². The lowest BCUT2D eigenvalue weighted by molar-refractivity contribution is 0.0954. The van der Waals surface area contributed by atoms with Crippen molar-refractivity contribution in [1.29, 1.82) is 0 Å². The van der Waals surface area contributed by atoms with Crippen molar-refractivity contribution in [3.05, 3.63) is 46.7 Å². The lowest BCUT2D eigenvalue weighted by atomic mass is 9.97. The Balaban J connectivity index is 1.71. The van der Waals surface area contributed by atoms with Crippen molar-refractivity contribution in [3.63, 3.8) is 0 Å². The number of hydrogen-bond acceptors (Lipinski definition) is 1. The van der Waals surface area contributed by atoms with E-state index in [2.05, 4.69) is 42.8 Å². The molecule has 0 aliphatic heterocycles. The molecule has 128 valence electrons. The van der Waals surface area contributed by atoms with Gasteiger partial charge in [-0.25, -0.2) is 0 Å². The molecule has 1 aliphatic rings. The zero-order chi connectivity index (χ0) is 17.1. The van der Waals surface area contributed by atoms with E-state index in [1.165, 1.54) is 53.4 Å². The van der Waals surface area contributed by atoms with Gasteiger partial charge in [-0.2, -0.15) is 0 Å². The van der Waals surface area contributed by atoms with E-state index in [-0.39, 0.29) is 5.91 Å². The normalized spacial score (nSPS) is 14.7. The van der Waals surface area contributed by atoms with E-state index in [0.717, 1.165) is 25.1 Å². The van der Waals surface area contributed by atoms with E-state index in [4.69, 9.17) is 0 Å². The van der Waals surface area contributed by atoms with Gasteiger partial charge in [0.15, 0.2) is 0 Å². The Labute approximate surface area is 144 Å². The van der Waals surface area contributed by atoms with Crippen LogP contribution in [-0.2, 0) is 6.54 Å². The number of rotatable bonds is 5. The standard InChI is InChI=1S/C21H28N2O/c1-4-23-16(3)15(2)19-14-18(10-11-20(19)23)21(24)22-13-12-17-8-6-5-7-9-17/h8,10-11,14H,4-7,9,12-13H2,1-3H3,(H,22,24). The van der Waals surface area contributed by atoms with Crippen molar-refractivity contribution in [2.24, 2.45) is 0 Å². The summed E-state index contributed by atoms with van der Waals surface area (Å²) in [4.78, 5) is 12.5. The van der Waals surface area contributed by atoms with Crippen LogP contribution in [0.5, 0.6) is 0 Å². The van der Waals surface area contributed by atoms with Gasteiger partial charge in [0, 0.05) is 35.2 Å². The second-order valence-corrected chi connectivity index (χ2v) is 6.80. The lowest BCUT2D eigenvalue weighted by Gasteiger charge is -2.13. The number of amides is 1. The summed E-state index contributed by atoms with van der Waals surface area (Å²) in [6, 6.07) is 6.07. The van der Waals surface area contributed by atoms with Gasteiger partial charge in [-0.3, -0.25) is 4.79 Å². The van der Waals surface area contributed by atoms with E-state index in [9.17, 15) is 4.79 Å². The average molecular weight is 324 g/mol. The molecule has 0 atom stereocenters. The number of aryl methyl sites for hydroxylation is 2. The van der Waals surface area contributed by atoms with Crippen molar-refractivity contribution in [1.82, 2.24) is 9.88 Å². The fraction of sp³-hybridized carbons (Fsp3) is 0.476. The van der Waals surface area contributed by atoms with Crippen LogP contribution < -0.4 is 5.32 Å². The first-order valence-corrected chi connectivity index (χ1v) is 9.17. The SMILES string of the molecule is CCn1c(C)c(C)c2cc(C(=O)NCCC3=CCCCC3)ccc21. The highest BCUT2D eigenvalue weighted by molar-refractivity contribution is 5.99. The molecule has 0 saturated heterocycles. The molecule has 1 N–H and O–H groups in total. The monoisotopic (exact) mass is 324 g/mol. The third kappa shape index (κ3) is 3.26. The smallest absolute Gasteiger partial charge is 0.251 e. The number of carbonyl (C=O) groups is 1. The first-order chi connectivity index (χ1) is 11.6. The highest BCUT2D eigenvalue weighted by Crippen LogP contribution is 2.26. The summed E-state index contributed by atoms with van der Waals surface area (Å²) in [5.41, 5.74) is 6.04. The second-order valence-electron chi connectivity index (χ2n) is 6.80. The molecule has 1 heterocycles. The molecular formula is C21H28N2O. The molecule has 24 heavy (non-hydrogen) atoms. The number of nitrogens with zero attached hydrogens (tertiary/aromatic N) is 1. The maximum atomic E-state index is 12.5. The Morgan fingerprint density at radius 2 is 2.08 bits per heavy atom. The molecule has 3 rings (SSSR count). The van der Waals surface area contributed by atoms with Gasteiger partial charge in [0.2, 0.25) is 0 Å². The maximum Gasteiger partial charge on any atom is 0.251 e. The maximum absolute atomic E-state index is 12.5. The van der Waals surface area contributed by atoms with Crippen LogP contribution in [0.15, 0.2) is 29.8 Å². The van der Waals surface area contributed by atoms with Crippen LogP contribution in [0.25, 0.3) is 10.9 Å². The van der Waals surface area contributed by atoms with Gasteiger partial charge in [0.25, 0.3) is 5.91 Å². The molecule has 0 spiro atoms. The topological polar surface area (TPSA) is 34.0 Å². The first kappa shape index (κ1) is 16.8. The summed E-state index contributed by atoms with van der Waals surface area (Å²) >= 11 is 0. The highest BCUT2D eigenvalue weighted by atomic mass is 16.1. The highest BCUT2D eigenvalue weighted by Gasteiger charge is 2.13. The summed E-state index contributed by atoms with van der Waals surface area (Å²) in [7, 11) is 0. The van der Waals surface area contributed by atoms with Gasteiger partial charge in [-0.1, -0.05) is 11.6 Å². The van der Waals surface area contributed by atoms with Crippen LogP contribution in [-0.4, -0.2) is 17.0 Å². The molecule has 0 radical (unpaired) electrons. The molecule has 3 heteroatoms. The quantitative estimate of drug-likeness (QED) is 0.780. The molecule has 1 aromatic carbocycles. The Kier molecular flexibility index (Phi) is 5.08. The second kappa shape index (κ2) is 7.25. The van der Waals surface area contributed by atoms with E-state index in [0.29, 0.717) is 0 Å². The third-order valence-electron chi connectivity index (χ3n) is 5.33. The number of benzene rings is 1. The zero-order valence-corrected chi connectivity index (χ0v) is 15.1. The van der Waals surface area contributed by atoms with Gasteiger partial charge < -0.3 is 9.88 Å². The Morgan fingerprint density at radius 3 is 2.79 bits per heavy atom. The van der Waals surface area contributed by atoms with Crippen molar-refractivity contribution in [3.8, 4) is 0 Å². The molecule has 2 aromatic rings. The predicted molar refractivity (Wildman–Crippen MR) is 101 cm³/mol. The van der Waals surface area contributed by atoms with Crippen LogP contribution in [0, 0.1) is 13.8 Å². The summed E-state index contributed by atoms with van der Waals surface area (Å²) in [5.74, 6) is 0.0367. The molecule has 0 unspecified atom stereocenters. The minimum Gasteiger partial charge on any atom is -0.352 e. The van der Waals surface area contributed by atoms with Crippen molar-refractivity contribution in [2.75, 3.05) is 6.54 Å². The minimum atomic E-state index is 0.0367. The number of hydrogen-bond donors (Lipinski definition) is 1. The van der Waals surface area contributed by atoms with Crippen molar-refractivity contribution in [2.45, 2.75) is 59.4 Å². The summed E-state index contributed by atoms with van der Waals surface area (Å²) in [6.45, 7) is 8.14. The van der Waals surface area contributed by atoms with E-state index >= 15 is 0 Å². The lowest BCUT2D eigenvalue weighted by Crippen LogP contribution is -2.24. The molecule has 1 amide bonds. The first-order valence-electron chi connectivity index (χ1n) is 9.17. The number of carbonyl (C=O) groups excluding carboxylic acids is 1. The van der Waals surface area contributed by atoms with E-state index < -0.39 is 0 Å². The minimum absolute atomic E-state index is 0.0367. The summed E-state index contributed by atoms with van der Waals surface area (Å²) < 4.78 is 2.31. The van der Waals surface area contributed by atoms with E-state index in [1.54, 1.807) is 0 Å². The Hall–Kier alpha value is -2.03. The molecule has 0 bridgehead atoms. The van der Waals surface area contributed by atoms with Gasteiger partial charge in [-0.05, 0) is 76.6 Å². The average Bonchev–Trinajstić information content (AvgIpc) is 2.86. The summed E-state index contributed by atoms with van der Waals surface area (Å²) in [5, 5.41) is 4.27. The van der Waals surface area contributed by atoms with Crippen molar-refractivity contribution >= 4 is 16.8 Å². The number of aromatic nitrogens is 1. The van der Waals surface area contributed by atoms with Crippen LogP contribution in [0.1, 0.15) is 60.6 Å². The molecule has 0 fully saturated rings. The molecule has 3 nitrogen and oxygen atoms in total. The van der Waals surface area contributed by atoms with Gasteiger partial charge in [0.05, 0.1) is 0 Å². The van der Waals surface area contributed by atoms with Gasteiger partial charge in [-0.15, -0.1) is 0 Å². The van der Waals surface area contributed by atoms with Crippen molar-refractivity contribution < 1.29 is 4.79 Å². The van der Waals surface area contributed by atoms with Crippen LogP contribution >= 0.6 is 0 Å². The van der Waals surface area contributed by atoms with Crippen LogP contribution in [0.2, 0.25) is 0 Å². The predicted octanol–water partition coefficient (Wildman–Crippen LogP) is 4.90. The largest absolute Gasteiger partial charge is 0.352 e. The molecule has 0 saturated carbocycles. The fourth-order valence-electron chi connectivity index (χ4n) is 3.77. The molecular weight excluding hydrogens is 296 g/mol. The fourth-order valence-corrected chi connectivity index (χ4v) is 3.77. The number of fused-ring (bicyclic) bond motifs is 1. The number of allylic oxidation sites excluding steroid dienone is 1. The van der Waals surface area contributed by atoms with Crippen LogP contribution in [0.4, 0.5) is 0 Å². The zero-order valence-electron chi connectivity index (χ0n) is 15.1. The molecule has 1 aliphatic carbocycles. The molecule has 1 aromatic heterocycles. The number of nitrogens with one attached hydrogen (secondary N) is 1. The Bertz CT molecular complexity index is 783. The summed E-state index contributed by atoms with van der Waals surface area (Å²) in [6.07, 6.45) is 8.34. The van der Waals surface area contributed by atoms with E-state index in [1.807, 2.05) is 12.1 Å². The van der Waals surface area contributed by atoms with Crippen LogP contribution in [0.3, 0.4) is 0 Å². The third-order valence-corrected chi connectivity index (χ3v) is 5.33. The van der Waals surface area contributed by atoms with Gasteiger partial charge >= 0.3 is 0 Å². The Morgan fingerprint density at radius 1 is 1.25 bits per heavy atom.